The maximum Gasteiger partial charge on any atom is 0.270 e. The van der Waals surface area contributed by atoms with Crippen LogP contribution in [0.3, 0.4) is 0 Å². The lowest BCUT2D eigenvalue weighted by Gasteiger charge is -2.52. The van der Waals surface area contributed by atoms with Crippen molar-refractivity contribution in [1.29, 1.82) is 0 Å². The van der Waals surface area contributed by atoms with Gasteiger partial charge in [-0.05, 0) is 30.2 Å². The van der Waals surface area contributed by atoms with Crippen molar-refractivity contribution in [2.75, 3.05) is 4.90 Å². The van der Waals surface area contributed by atoms with Crippen LogP contribution in [0.4, 0.5) is 11.4 Å². The van der Waals surface area contributed by atoms with Crippen LogP contribution in [0.5, 0.6) is 5.75 Å². The van der Waals surface area contributed by atoms with E-state index < -0.39 is 11.8 Å². The van der Waals surface area contributed by atoms with Gasteiger partial charge in [0, 0.05) is 23.4 Å². The van der Waals surface area contributed by atoms with Crippen LogP contribution in [0.15, 0.2) is 103 Å². The summed E-state index contributed by atoms with van der Waals surface area (Å²) in [5.74, 6) is 0.591. The van der Waals surface area contributed by atoms with Crippen LogP contribution in [-0.2, 0) is 10.3 Å². The number of nitro benzene ring substituents is 1. The molecule has 2 heterocycles. The molecule has 6 rings (SSSR count). The zero-order chi connectivity index (χ0) is 23.3. The van der Waals surface area contributed by atoms with E-state index in [-0.39, 0.29) is 16.8 Å². The van der Waals surface area contributed by atoms with E-state index in [0.717, 1.165) is 22.4 Å². The summed E-state index contributed by atoms with van der Waals surface area (Å²) < 4.78 is 13.3. The Labute approximate surface area is 197 Å². The Kier molecular flexibility index (Phi) is 4.64. The lowest BCUT2D eigenvalue weighted by Crippen LogP contribution is -2.53. The fraction of sp³-hybridized carbons (Fsp3) is 0.143. The zero-order valence-corrected chi connectivity index (χ0v) is 18.5. The van der Waals surface area contributed by atoms with Crippen LogP contribution in [0.2, 0.25) is 0 Å². The van der Waals surface area contributed by atoms with E-state index in [1.807, 2.05) is 55.5 Å². The summed E-state index contributed by atoms with van der Waals surface area (Å²) >= 11 is 0. The molecule has 6 heteroatoms. The third kappa shape index (κ3) is 2.92. The highest BCUT2D eigenvalue weighted by Crippen LogP contribution is 2.55. The largest absolute Gasteiger partial charge is 0.470 e. The molecule has 4 aromatic carbocycles. The highest BCUT2D eigenvalue weighted by molar-refractivity contribution is 5.67. The quantitative estimate of drug-likeness (QED) is 0.276. The Balaban J connectivity index is 1.67. The number of benzene rings is 4. The average molecular weight is 450 g/mol. The van der Waals surface area contributed by atoms with E-state index in [9.17, 15) is 10.1 Å². The van der Waals surface area contributed by atoms with Crippen LogP contribution in [0, 0.1) is 10.1 Å². The molecule has 2 aliphatic rings. The predicted molar refractivity (Wildman–Crippen MR) is 129 cm³/mol. The number of para-hydroxylation sites is 1. The van der Waals surface area contributed by atoms with E-state index >= 15 is 0 Å². The molecule has 0 N–H and O–H groups in total. The number of nitro groups is 1. The van der Waals surface area contributed by atoms with Gasteiger partial charge in [-0.3, -0.25) is 10.1 Å². The van der Waals surface area contributed by atoms with Gasteiger partial charge in [0.1, 0.15) is 11.4 Å². The minimum atomic E-state index is -0.917. The lowest BCUT2D eigenvalue weighted by atomic mass is 9.77. The third-order valence-electron chi connectivity index (χ3n) is 6.62. The summed E-state index contributed by atoms with van der Waals surface area (Å²) in [6.07, 6.45) is -0.918. The number of fused-ring (bicyclic) bond motifs is 5. The van der Waals surface area contributed by atoms with Crippen molar-refractivity contribution < 1.29 is 14.4 Å². The fourth-order valence-electron chi connectivity index (χ4n) is 5.16. The molecular weight excluding hydrogens is 428 g/mol. The van der Waals surface area contributed by atoms with Gasteiger partial charge in [0.2, 0.25) is 0 Å². The van der Waals surface area contributed by atoms with E-state index in [0.29, 0.717) is 11.3 Å². The number of hydrogen-bond acceptors (Lipinski definition) is 5. The molecule has 2 aliphatic heterocycles. The Morgan fingerprint density at radius 2 is 1.47 bits per heavy atom. The molecule has 0 amide bonds. The summed E-state index contributed by atoms with van der Waals surface area (Å²) in [5, 5.41) is 11.6. The molecule has 0 bridgehead atoms. The molecule has 4 aromatic rings. The number of anilines is 1. The maximum absolute atomic E-state index is 11.6. The molecule has 6 nitrogen and oxygen atoms in total. The molecule has 0 spiro atoms. The van der Waals surface area contributed by atoms with Gasteiger partial charge in [-0.25, -0.2) is 0 Å². The second-order valence-corrected chi connectivity index (χ2v) is 8.50. The van der Waals surface area contributed by atoms with Gasteiger partial charge >= 0.3 is 0 Å². The van der Waals surface area contributed by atoms with Gasteiger partial charge in [0.25, 0.3) is 5.69 Å². The van der Waals surface area contributed by atoms with Crippen LogP contribution in [-0.4, -0.2) is 11.2 Å². The normalized spacial score (nSPS) is 19.9. The highest BCUT2D eigenvalue weighted by Gasteiger charge is 2.51. The molecule has 0 saturated carbocycles. The second-order valence-electron chi connectivity index (χ2n) is 8.50. The highest BCUT2D eigenvalue weighted by atomic mass is 16.6. The van der Waals surface area contributed by atoms with Crippen LogP contribution >= 0.6 is 0 Å². The van der Waals surface area contributed by atoms with Crippen molar-refractivity contribution in [3.63, 3.8) is 0 Å². The van der Waals surface area contributed by atoms with Crippen molar-refractivity contribution >= 4 is 11.4 Å². The average Bonchev–Trinajstić information content (AvgIpc) is 2.88. The van der Waals surface area contributed by atoms with Gasteiger partial charge in [-0.15, -0.1) is 0 Å². The van der Waals surface area contributed by atoms with E-state index in [1.165, 1.54) is 6.07 Å². The Bertz CT molecular complexity index is 1330. The molecule has 0 aromatic heterocycles. The molecule has 34 heavy (non-hydrogen) atoms. The van der Waals surface area contributed by atoms with Gasteiger partial charge < -0.3 is 14.4 Å². The molecule has 2 atom stereocenters. The Morgan fingerprint density at radius 1 is 0.853 bits per heavy atom. The van der Waals surface area contributed by atoms with Crippen molar-refractivity contribution in [3.05, 3.63) is 135 Å². The lowest BCUT2D eigenvalue weighted by molar-refractivity contribution is -0.385. The summed E-state index contributed by atoms with van der Waals surface area (Å²) in [6.45, 7) is 1.97. The first-order valence-electron chi connectivity index (χ1n) is 11.2. The van der Waals surface area contributed by atoms with Crippen molar-refractivity contribution in [2.45, 2.75) is 25.0 Å². The Hall–Kier alpha value is -4.16. The first-order valence-corrected chi connectivity index (χ1v) is 11.2. The molecule has 0 saturated heterocycles. The summed E-state index contributed by atoms with van der Waals surface area (Å²) in [4.78, 5) is 13.3. The molecule has 0 aliphatic carbocycles. The molecule has 168 valence electrons. The number of ether oxygens (including phenoxy) is 2. The number of hydrogen-bond donors (Lipinski definition) is 0. The van der Waals surface area contributed by atoms with Crippen LogP contribution in [0.25, 0.3) is 0 Å². The second kappa shape index (κ2) is 7.71. The minimum Gasteiger partial charge on any atom is -0.470 e. The van der Waals surface area contributed by atoms with Gasteiger partial charge in [0.05, 0.1) is 10.5 Å². The van der Waals surface area contributed by atoms with Crippen molar-refractivity contribution in [2.24, 2.45) is 0 Å². The van der Waals surface area contributed by atoms with Crippen LogP contribution < -0.4 is 9.64 Å². The van der Waals surface area contributed by atoms with E-state index in [4.69, 9.17) is 9.47 Å². The molecule has 0 unspecified atom stereocenters. The SMILES string of the molecule is C[C@@H]1Oc2ccc([N+](=O)[O-])cc2[C@@H]2OC(c3ccccc3)(c3ccccc3)c3ccccc3N12. The third-order valence-corrected chi connectivity index (χ3v) is 6.62. The number of non-ortho nitro benzene ring substituents is 1. The molecular formula is C28H22N2O4. The topological polar surface area (TPSA) is 64.8 Å². The molecule has 0 fully saturated rings. The summed E-state index contributed by atoms with van der Waals surface area (Å²) in [7, 11) is 0. The monoisotopic (exact) mass is 450 g/mol. The van der Waals surface area contributed by atoms with Crippen molar-refractivity contribution in [3.8, 4) is 5.75 Å². The van der Waals surface area contributed by atoms with Gasteiger partial charge in [-0.2, -0.15) is 0 Å². The minimum absolute atomic E-state index is 0.00401. The zero-order valence-electron chi connectivity index (χ0n) is 18.5. The van der Waals surface area contributed by atoms with Crippen LogP contribution in [0.1, 0.15) is 35.4 Å². The number of rotatable bonds is 3. The summed E-state index contributed by atoms with van der Waals surface area (Å²) in [6, 6.07) is 33.1. The number of nitrogens with zero attached hydrogens (tertiary/aromatic N) is 2. The first kappa shape index (κ1) is 20.4. The van der Waals surface area contributed by atoms with Gasteiger partial charge in [0.15, 0.2) is 12.5 Å². The van der Waals surface area contributed by atoms with E-state index in [2.05, 4.69) is 41.3 Å². The molecule has 0 radical (unpaired) electrons. The Morgan fingerprint density at radius 3 is 2.12 bits per heavy atom. The fourth-order valence-corrected chi connectivity index (χ4v) is 5.16. The smallest absolute Gasteiger partial charge is 0.270 e. The standard InChI is InChI=1S/C28H22N2O4/c1-19-29-25-15-9-8-14-24(25)28(20-10-4-2-5-11-20,21-12-6-3-7-13-21)34-27(29)23-18-22(30(31)32)16-17-26(23)33-19/h2-19,27H,1H3/t19-,27-/m0/s1. The first-order chi connectivity index (χ1) is 16.6. The van der Waals surface area contributed by atoms with Crippen molar-refractivity contribution in [1.82, 2.24) is 0 Å². The summed E-state index contributed by atoms with van der Waals surface area (Å²) in [5.41, 5.74) is 3.66. The van der Waals surface area contributed by atoms with E-state index in [1.54, 1.807) is 12.1 Å². The van der Waals surface area contributed by atoms with Gasteiger partial charge in [-0.1, -0.05) is 78.9 Å². The maximum atomic E-state index is 11.6. The predicted octanol–water partition coefficient (Wildman–Crippen LogP) is 6.16.